The molecule has 0 aromatic carbocycles. The van der Waals surface area contributed by atoms with Crippen molar-refractivity contribution < 1.29 is 0 Å². The summed E-state index contributed by atoms with van der Waals surface area (Å²) in [7, 11) is 0.00512. The average molecular weight is 285 g/mol. The zero-order chi connectivity index (χ0) is 14.8. The van der Waals surface area contributed by atoms with Crippen molar-refractivity contribution in [2.45, 2.75) is 78.7 Å². The molecule has 0 N–H and O–H groups in total. The lowest BCUT2D eigenvalue weighted by Crippen LogP contribution is -2.53. The van der Waals surface area contributed by atoms with Crippen molar-refractivity contribution in [2.75, 3.05) is 13.1 Å². The molecule has 0 amide bonds. The van der Waals surface area contributed by atoms with Crippen molar-refractivity contribution in [1.29, 1.82) is 0 Å². The van der Waals surface area contributed by atoms with Crippen LogP contribution in [0, 0.1) is 0 Å². The Kier molecular flexibility index (Phi) is 10.6. The van der Waals surface area contributed by atoms with Crippen LogP contribution in [0.3, 0.4) is 0 Å². The Balaban J connectivity index is 4.73. The van der Waals surface area contributed by atoms with Gasteiger partial charge in [0, 0.05) is 21.6 Å². The standard InChI is InChI=1S/C16H36N2Si/c1-8-17(14(4)5)16(12-11-13-19-10-3)18(9-2)15(6)7/h10,14-16H,3,8-9,11-13,19H2,1-2,4-7H3. The van der Waals surface area contributed by atoms with Crippen molar-refractivity contribution >= 4 is 9.52 Å². The zero-order valence-electron chi connectivity index (χ0n) is 14.2. The number of nitrogens with zero attached hydrogens (tertiary/aromatic N) is 2. The predicted octanol–water partition coefficient (Wildman–Crippen LogP) is 3.28. The Labute approximate surface area is 124 Å². The molecule has 0 aliphatic heterocycles. The quantitative estimate of drug-likeness (QED) is 0.326. The van der Waals surface area contributed by atoms with Gasteiger partial charge in [-0.1, -0.05) is 26.3 Å². The van der Waals surface area contributed by atoms with E-state index in [2.05, 4.69) is 63.6 Å². The monoisotopic (exact) mass is 284 g/mol. The third kappa shape index (κ3) is 6.73. The van der Waals surface area contributed by atoms with Crippen LogP contribution in [-0.2, 0) is 0 Å². The SMILES string of the molecule is C=C[SiH2]CCCC(N(CC)C(C)C)N(CC)C(C)C. The molecule has 0 rings (SSSR count). The summed E-state index contributed by atoms with van der Waals surface area (Å²) in [5, 5.41) is 0. The summed E-state index contributed by atoms with van der Waals surface area (Å²) < 4.78 is 0. The van der Waals surface area contributed by atoms with E-state index in [1.165, 1.54) is 18.9 Å². The lowest BCUT2D eigenvalue weighted by Gasteiger charge is -2.43. The molecule has 0 saturated heterocycles. The van der Waals surface area contributed by atoms with E-state index in [0.29, 0.717) is 18.2 Å². The highest BCUT2D eigenvalue weighted by molar-refractivity contribution is 6.41. The molecule has 19 heavy (non-hydrogen) atoms. The van der Waals surface area contributed by atoms with E-state index in [0.717, 1.165) is 13.1 Å². The smallest absolute Gasteiger partial charge is 0.0626 e. The molecule has 0 saturated carbocycles. The van der Waals surface area contributed by atoms with Gasteiger partial charge in [0.25, 0.3) is 0 Å². The minimum atomic E-state index is 0.00512. The van der Waals surface area contributed by atoms with Crippen LogP contribution < -0.4 is 0 Å². The molecule has 0 atom stereocenters. The lowest BCUT2D eigenvalue weighted by molar-refractivity contribution is 0.00272. The third-order valence-corrected chi connectivity index (χ3v) is 5.26. The van der Waals surface area contributed by atoms with Crippen LogP contribution in [-0.4, -0.2) is 50.7 Å². The fourth-order valence-corrected chi connectivity index (χ4v) is 3.84. The van der Waals surface area contributed by atoms with Crippen LogP contribution in [0.4, 0.5) is 0 Å². The molecule has 0 fully saturated rings. The molecule has 0 unspecified atom stereocenters. The molecule has 2 nitrogen and oxygen atoms in total. The first-order valence-corrected chi connectivity index (χ1v) is 9.93. The molecule has 0 bridgehead atoms. The molecule has 0 aromatic rings. The van der Waals surface area contributed by atoms with Crippen LogP contribution in [0.25, 0.3) is 0 Å². The Morgan fingerprint density at radius 3 is 1.79 bits per heavy atom. The first kappa shape index (κ1) is 18.9. The van der Waals surface area contributed by atoms with E-state index >= 15 is 0 Å². The van der Waals surface area contributed by atoms with Gasteiger partial charge in [0.15, 0.2) is 0 Å². The topological polar surface area (TPSA) is 6.48 Å². The van der Waals surface area contributed by atoms with Gasteiger partial charge in [-0.25, -0.2) is 0 Å². The van der Waals surface area contributed by atoms with Crippen LogP contribution in [0.15, 0.2) is 12.3 Å². The summed E-state index contributed by atoms with van der Waals surface area (Å²) >= 11 is 0. The first-order valence-electron chi connectivity index (χ1n) is 8.11. The van der Waals surface area contributed by atoms with Crippen molar-refractivity contribution in [2.24, 2.45) is 0 Å². The van der Waals surface area contributed by atoms with Gasteiger partial charge in [0.1, 0.15) is 0 Å². The summed E-state index contributed by atoms with van der Waals surface area (Å²) in [6.07, 6.45) is 3.27. The van der Waals surface area contributed by atoms with E-state index < -0.39 is 0 Å². The summed E-state index contributed by atoms with van der Waals surface area (Å²) in [4.78, 5) is 5.30. The van der Waals surface area contributed by atoms with Crippen molar-refractivity contribution in [3.63, 3.8) is 0 Å². The molecule has 0 radical (unpaired) electrons. The van der Waals surface area contributed by atoms with Gasteiger partial charge >= 0.3 is 0 Å². The minimum absolute atomic E-state index is 0.00512. The van der Waals surface area contributed by atoms with Gasteiger partial charge in [-0.3, -0.25) is 9.80 Å². The highest BCUT2D eigenvalue weighted by Gasteiger charge is 2.26. The van der Waals surface area contributed by atoms with Gasteiger partial charge in [-0.05, 0) is 47.2 Å². The molecule has 0 spiro atoms. The number of rotatable bonds is 11. The second kappa shape index (κ2) is 10.6. The number of hydrogen-bond acceptors (Lipinski definition) is 2. The van der Waals surface area contributed by atoms with E-state index in [-0.39, 0.29) is 9.52 Å². The molecular weight excluding hydrogens is 248 g/mol. The van der Waals surface area contributed by atoms with Crippen molar-refractivity contribution in [3.05, 3.63) is 12.3 Å². The second-order valence-electron chi connectivity index (χ2n) is 5.90. The summed E-state index contributed by atoms with van der Waals surface area (Å²) in [6.45, 7) is 20.0. The molecule has 0 aliphatic carbocycles. The van der Waals surface area contributed by atoms with Gasteiger partial charge in [-0.2, -0.15) is 0 Å². The van der Waals surface area contributed by atoms with Crippen LogP contribution in [0.1, 0.15) is 54.4 Å². The fourth-order valence-electron chi connectivity index (χ4n) is 2.98. The van der Waals surface area contributed by atoms with Crippen molar-refractivity contribution in [1.82, 2.24) is 9.80 Å². The minimum Gasteiger partial charge on any atom is -0.286 e. The van der Waals surface area contributed by atoms with E-state index in [1.54, 1.807) is 0 Å². The predicted molar refractivity (Wildman–Crippen MR) is 91.6 cm³/mol. The first-order chi connectivity index (χ1) is 8.99. The molecule has 0 aromatic heterocycles. The van der Waals surface area contributed by atoms with E-state index in [9.17, 15) is 0 Å². The largest absolute Gasteiger partial charge is 0.286 e. The van der Waals surface area contributed by atoms with Crippen LogP contribution in [0.5, 0.6) is 0 Å². The van der Waals surface area contributed by atoms with Crippen LogP contribution in [0.2, 0.25) is 6.04 Å². The van der Waals surface area contributed by atoms with Gasteiger partial charge in [0.05, 0.1) is 6.17 Å². The summed E-state index contributed by atoms with van der Waals surface area (Å²) in [5.41, 5.74) is 2.18. The maximum absolute atomic E-state index is 3.88. The second-order valence-corrected chi connectivity index (χ2v) is 7.76. The lowest BCUT2D eigenvalue weighted by atomic mass is 10.1. The normalized spacial score (nSPS) is 13.0. The highest BCUT2D eigenvalue weighted by Crippen LogP contribution is 2.19. The maximum atomic E-state index is 3.88. The molecule has 0 heterocycles. The zero-order valence-corrected chi connectivity index (χ0v) is 15.6. The maximum Gasteiger partial charge on any atom is 0.0626 e. The summed E-state index contributed by atoms with van der Waals surface area (Å²) in [5.74, 6) is 0. The van der Waals surface area contributed by atoms with Gasteiger partial charge < -0.3 is 0 Å². The Hall–Kier alpha value is -0.123. The van der Waals surface area contributed by atoms with E-state index in [4.69, 9.17) is 0 Å². The Bertz CT molecular complexity index is 213. The average Bonchev–Trinajstić information content (AvgIpc) is 2.34. The molecule has 114 valence electrons. The molecule has 3 heteroatoms. The highest BCUT2D eigenvalue weighted by atomic mass is 28.2. The van der Waals surface area contributed by atoms with E-state index in [1.807, 2.05) is 0 Å². The molecule has 0 aliphatic rings. The van der Waals surface area contributed by atoms with Gasteiger partial charge in [-0.15, -0.1) is 12.3 Å². The number of hydrogen-bond donors (Lipinski definition) is 0. The molecular formula is C16H36N2Si. The fraction of sp³-hybridized carbons (Fsp3) is 0.875. The van der Waals surface area contributed by atoms with Crippen molar-refractivity contribution in [3.8, 4) is 0 Å². The Morgan fingerprint density at radius 1 is 1.00 bits per heavy atom. The van der Waals surface area contributed by atoms with Crippen LogP contribution >= 0.6 is 0 Å². The third-order valence-electron chi connectivity index (χ3n) is 3.94. The van der Waals surface area contributed by atoms with Gasteiger partial charge in [0.2, 0.25) is 0 Å². The summed E-state index contributed by atoms with van der Waals surface area (Å²) in [6, 6.07) is 2.66. The Morgan fingerprint density at radius 2 is 1.47 bits per heavy atom.